The standard InChI is InChI=1S/C32H34N2O4/c1-37-32(36)14-10-23-9-12-29-25(19-23)11-13-31(29)34(22-24-5-4-6-27(20-24)38-18-17-35)16-15-26-21-33-30-8-3-2-7-28(26)30/h2-10,12,14,19-21,31,33,35H,11,13,15-18,22H2,1H3/b14-10+. The molecule has 0 spiro atoms. The van der Waals surface area contributed by atoms with E-state index in [-0.39, 0.29) is 19.2 Å². The maximum Gasteiger partial charge on any atom is 0.330 e. The largest absolute Gasteiger partial charge is 0.491 e. The Kier molecular flexibility index (Phi) is 8.22. The van der Waals surface area contributed by atoms with Gasteiger partial charge in [0.2, 0.25) is 0 Å². The highest BCUT2D eigenvalue weighted by Gasteiger charge is 2.28. The molecule has 0 aliphatic heterocycles. The maximum absolute atomic E-state index is 11.5. The summed E-state index contributed by atoms with van der Waals surface area (Å²) in [7, 11) is 1.39. The lowest BCUT2D eigenvalue weighted by Gasteiger charge is -2.30. The molecular formula is C32H34N2O4. The summed E-state index contributed by atoms with van der Waals surface area (Å²) in [5, 5.41) is 10.4. The molecule has 4 aromatic rings. The van der Waals surface area contributed by atoms with Crippen LogP contribution in [0.3, 0.4) is 0 Å². The summed E-state index contributed by atoms with van der Waals surface area (Å²) in [4.78, 5) is 17.5. The van der Waals surface area contributed by atoms with Crippen LogP contribution in [0.5, 0.6) is 5.75 Å². The van der Waals surface area contributed by atoms with Gasteiger partial charge in [0, 0.05) is 42.3 Å². The van der Waals surface area contributed by atoms with Crippen molar-refractivity contribution in [2.24, 2.45) is 0 Å². The first-order chi connectivity index (χ1) is 18.6. The number of rotatable bonds is 11. The maximum atomic E-state index is 11.5. The number of fused-ring (bicyclic) bond motifs is 2. The number of hydrogen-bond acceptors (Lipinski definition) is 5. The van der Waals surface area contributed by atoms with Crippen LogP contribution in [0.2, 0.25) is 0 Å². The van der Waals surface area contributed by atoms with E-state index in [4.69, 9.17) is 14.6 Å². The molecule has 0 bridgehead atoms. The number of hydrogen-bond donors (Lipinski definition) is 2. The Bertz CT molecular complexity index is 1420. The van der Waals surface area contributed by atoms with E-state index in [2.05, 4.69) is 70.7 Å². The van der Waals surface area contributed by atoms with E-state index in [1.54, 1.807) is 0 Å². The molecule has 0 saturated heterocycles. The Morgan fingerprint density at radius 1 is 1.13 bits per heavy atom. The highest BCUT2D eigenvalue weighted by molar-refractivity contribution is 5.87. The number of carbonyl (C=O) groups is 1. The molecule has 1 aliphatic carbocycles. The van der Waals surface area contributed by atoms with E-state index in [0.29, 0.717) is 6.04 Å². The van der Waals surface area contributed by atoms with Crippen LogP contribution in [0.4, 0.5) is 0 Å². The lowest BCUT2D eigenvalue weighted by Crippen LogP contribution is -2.29. The van der Waals surface area contributed by atoms with Gasteiger partial charge in [-0.05, 0) is 71.4 Å². The van der Waals surface area contributed by atoms with Gasteiger partial charge < -0.3 is 19.6 Å². The van der Waals surface area contributed by atoms with Crippen molar-refractivity contribution >= 4 is 22.9 Å². The highest BCUT2D eigenvalue weighted by Crippen LogP contribution is 2.38. The second-order valence-corrected chi connectivity index (χ2v) is 9.67. The zero-order chi connectivity index (χ0) is 26.3. The van der Waals surface area contributed by atoms with Gasteiger partial charge in [-0.1, -0.05) is 48.5 Å². The number of aryl methyl sites for hydroxylation is 1. The van der Waals surface area contributed by atoms with Crippen molar-refractivity contribution in [1.82, 2.24) is 9.88 Å². The molecule has 1 unspecified atom stereocenters. The third-order valence-electron chi connectivity index (χ3n) is 7.25. The van der Waals surface area contributed by atoms with Crippen molar-refractivity contribution in [3.8, 4) is 5.75 Å². The molecule has 1 atom stereocenters. The predicted molar refractivity (Wildman–Crippen MR) is 150 cm³/mol. The molecule has 6 nitrogen and oxygen atoms in total. The average molecular weight is 511 g/mol. The Labute approximate surface area is 223 Å². The van der Waals surface area contributed by atoms with E-state index in [9.17, 15) is 4.79 Å². The molecule has 1 aromatic heterocycles. The quantitative estimate of drug-likeness (QED) is 0.207. The van der Waals surface area contributed by atoms with E-state index >= 15 is 0 Å². The summed E-state index contributed by atoms with van der Waals surface area (Å²) in [6.07, 6.45) is 8.40. The van der Waals surface area contributed by atoms with Crippen molar-refractivity contribution in [2.75, 3.05) is 26.9 Å². The zero-order valence-corrected chi connectivity index (χ0v) is 21.7. The number of esters is 1. The Hall–Kier alpha value is -3.87. The van der Waals surface area contributed by atoms with Crippen LogP contribution in [-0.2, 0) is 28.9 Å². The molecule has 0 fully saturated rings. The first-order valence-electron chi connectivity index (χ1n) is 13.1. The molecule has 3 aromatic carbocycles. The molecule has 0 saturated carbocycles. The van der Waals surface area contributed by atoms with Crippen LogP contribution >= 0.6 is 0 Å². The third kappa shape index (κ3) is 5.98. The summed E-state index contributed by atoms with van der Waals surface area (Å²) in [6, 6.07) is 23.4. The molecule has 5 rings (SSSR count). The third-order valence-corrected chi connectivity index (χ3v) is 7.25. The number of benzene rings is 3. The Balaban J connectivity index is 1.39. The van der Waals surface area contributed by atoms with E-state index in [0.717, 1.165) is 43.7 Å². The van der Waals surface area contributed by atoms with Gasteiger partial charge >= 0.3 is 5.97 Å². The van der Waals surface area contributed by atoms with Gasteiger partial charge in [0.15, 0.2) is 0 Å². The van der Waals surface area contributed by atoms with E-state index < -0.39 is 0 Å². The van der Waals surface area contributed by atoms with Crippen LogP contribution in [0.25, 0.3) is 17.0 Å². The van der Waals surface area contributed by atoms with Gasteiger partial charge in [-0.2, -0.15) is 0 Å². The zero-order valence-electron chi connectivity index (χ0n) is 21.7. The summed E-state index contributed by atoms with van der Waals surface area (Å²) in [5.41, 5.74) is 7.37. The van der Waals surface area contributed by atoms with Gasteiger partial charge in [0.05, 0.1) is 13.7 Å². The minimum absolute atomic E-state index is 0.00334. The van der Waals surface area contributed by atoms with Crippen molar-refractivity contribution in [2.45, 2.75) is 31.8 Å². The monoisotopic (exact) mass is 510 g/mol. The number of aliphatic hydroxyl groups excluding tert-OH is 1. The van der Waals surface area contributed by atoms with E-state index in [1.165, 1.54) is 46.3 Å². The summed E-state index contributed by atoms with van der Waals surface area (Å²) in [5.74, 6) is 0.430. The first-order valence-corrected chi connectivity index (χ1v) is 13.1. The van der Waals surface area contributed by atoms with Crippen molar-refractivity contribution < 1.29 is 19.4 Å². The summed E-state index contributed by atoms with van der Waals surface area (Å²) >= 11 is 0. The number of nitrogens with one attached hydrogen (secondary N) is 1. The highest BCUT2D eigenvalue weighted by atomic mass is 16.5. The number of methoxy groups -OCH3 is 1. The Morgan fingerprint density at radius 2 is 2.03 bits per heavy atom. The SMILES string of the molecule is COC(=O)/C=C/c1ccc2c(c1)CCC2N(CCc1c[nH]c2ccccc12)Cc1cccc(OCCO)c1. The molecule has 196 valence electrons. The van der Waals surface area contributed by atoms with E-state index in [1.807, 2.05) is 18.2 Å². The molecule has 1 heterocycles. The lowest BCUT2D eigenvalue weighted by molar-refractivity contribution is -0.134. The minimum atomic E-state index is -0.350. The number of aromatic nitrogens is 1. The fourth-order valence-electron chi connectivity index (χ4n) is 5.41. The fourth-order valence-corrected chi connectivity index (χ4v) is 5.41. The number of aliphatic hydroxyl groups is 1. The second kappa shape index (κ2) is 12.1. The molecule has 0 radical (unpaired) electrons. The van der Waals surface area contributed by atoms with Crippen LogP contribution in [0.15, 0.2) is 79.0 Å². The Morgan fingerprint density at radius 3 is 2.89 bits per heavy atom. The lowest BCUT2D eigenvalue weighted by atomic mass is 10.0. The van der Waals surface area contributed by atoms with Crippen molar-refractivity contribution in [3.05, 3.63) is 107 Å². The predicted octanol–water partition coefficient (Wildman–Crippen LogP) is 5.46. The van der Waals surface area contributed by atoms with Crippen LogP contribution in [0, 0.1) is 0 Å². The fraction of sp³-hybridized carbons (Fsp3) is 0.281. The summed E-state index contributed by atoms with van der Waals surface area (Å²) in [6.45, 7) is 2.00. The van der Waals surface area contributed by atoms with Crippen LogP contribution in [0.1, 0.15) is 40.3 Å². The van der Waals surface area contributed by atoms with Gasteiger partial charge in [0.1, 0.15) is 12.4 Å². The molecular weight excluding hydrogens is 476 g/mol. The average Bonchev–Trinajstić information content (AvgIpc) is 3.57. The number of nitrogens with zero attached hydrogens (tertiary/aromatic N) is 1. The van der Waals surface area contributed by atoms with Crippen molar-refractivity contribution in [1.29, 1.82) is 0 Å². The number of carbonyl (C=O) groups excluding carboxylic acids is 1. The molecule has 1 aliphatic rings. The number of H-pyrrole nitrogens is 1. The topological polar surface area (TPSA) is 74.8 Å². The number of para-hydroxylation sites is 1. The van der Waals surface area contributed by atoms with Gasteiger partial charge in [-0.15, -0.1) is 0 Å². The molecule has 2 N–H and O–H groups in total. The van der Waals surface area contributed by atoms with Crippen LogP contribution < -0.4 is 4.74 Å². The van der Waals surface area contributed by atoms with Gasteiger partial charge in [-0.3, -0.25) is 4.90 Å². The molecule has 6 heteroatoms. The van der Waals surface area contributed by atoms with Gasteiger partial charge in [-0.25, -0.2) is 4.79 Å². The number of ether oxygens (including phenoxy) is 2. The minimum Gasteiger partial charge on any atom is -0.491 e. The molecule has 0 amide bonds. The smallest absolute Gasteiger partial charge is 0.330 e. The van der Waals surface area contributed by atoms with Crippen molar-refractivity contribution in [3.63, 3.8) is 0 Å². The van der Waals surface area contributed by atoms with Gasteiger partial charge in [0.25, 0.3) is 0 Å². The molecule has 38 heavy (non-hydrogen) atoms. The normalized spacial score (nSPS) is 14.9. The summed E-state index contributed by atoms with van der Waals surface area (Å²) < 4.78 is 10.4. The van der Waals surface area contributed by atoms with Crippen LogP contribution in [-0.4, -0.2) is 47.8 Å². The first kappa shape index (κ1) is 25.8. The second-order valence-electron chi connectivity index (χ2n) is 9.67. The number of aromatic amines is 1.